The first-order valence-electron chi connectivity index (χ1n) is 15.7. The molecule has 0 amide bonds. The van der Waals surface area contributed by atoms with Gasteiger partial charge in [0, 0.05) is 16.5 Å². The molecule has 0 unspecified atom stereocenters. The zero-order chi connectivity index (χ0) is 29.8. The third-order valence-corrected chi connectivity index (χ3v) is 14.6. The third-order valence-electron chi connectivity index (χ3n) is 9.77. The van der Waals surface area contributed by atoms with E-state index in [1.807, 2.05) is 0 Å². The maximum Gasteiger partial charge on any atom is 0.179 e. The van der Waals surface area contributed by atoms with E-state index in [0.717, 1.165) is 6.42 Å². The van der Waals surface area contributed by atoms with Gasteiger partial charge >= 0.3 is 0 Å². The Hall–Kier alpha value is -5.44. The van der Waals surface area contributed by atoms with Crippen LogP contribution in [-0.2, 0) is 6.42 Å². The van der Waals surface area contributed by atoms with E-state index < -0.39 is 8.07 Å². The van der Waals surface area contributed by atoms with Gasteiger partial charge in [0.05, 0.1) is 11.0 Å². The molecule has 1 aromatic heterocycles. The second-order valence-electron chi connectivity index (χ2n) is 12.1. The minimum Gasteiger partial charge on any atom is -0.309 e. The fraction of sp³-hybridized carbons (Fsp3) is 0.0233. The van der Waals surface area contributed by atoms with Gasteiger partial charge in [-0.2, -0.15) is 0 Å². The average Bonchev–Trinajstić information content (AvgIpc) is 3.65. The van der Waals surface area contributed by atoms with Gasteiger partial charge in [0.2, 0.25) is 0 Å². The maximum absolute atomic E-state index is 2.65. The number of para-hydroxylation sites is 2. The van der Waals surface area contributed by atoms with E-state index in [-0.39, 0.29) is 0 Å². The van der Waals surface area contributed by atoms with Gasteiger partial charge in [0.1, 0.15) is 0 Å². The van der Waals surface area contributed by atoms with E-state index >= 15 is 0 Å². The summed E-state index contributed by atoms with van der Waals surface area (Å²) in [5.74, 6) is 0. The Morgan fingerprint density at radius 1 is 0.422 bits per heavy atom. The lowest BCUT2D eigenvalue weighted by atomic mass is 10.0. The number of rotatable bonds is 5. The topological polar surface area (TPSA) is 4.93 Å². The quantitative estimate of drug-likeness (QED) is 0.143. The number of nitrogens with zero attached hydrogens (tertiary/aromatic N) is 1. The first-order chi connectivity index (χ1) is 22.3. The minimum atomic E-state index is -2.65. The highest BCUT2D eigenvalue weighted by molar-refractivity contribution is 7.20. The molecule has 0 aliphatic heterocycles. The fourth-order valence-corrected chi connectivity index (χ4v) is 12.9. The van der Waals surface area contributed by atoms with Crippen molar-refractivity contribution in [2.45, 2.75) is 6.42 Å². The first-order valence-corrected chi connectivity index (χ1v) is 17.7. The molecule has 0 spiro atoms. The van der Waals surface area contributed by atoms with E-state index in [0.29, 0.717) is 0 Å². The van der Waals surface area contributed by atoms with Gasteiger partial charge in [0.25, 0.3) is 0 Å². The summed E-state index contributed by atoms with van der Waals surface area (Å²) in [5.41, 5.74) is 9.34. The normalized spacial score (nSPS) is 12.4. The molecule has 0 bridgehead atoms. The highest BCUT2D eigenvalue weighted by Gasteiger charge is 2.44. The molecule has 0 saturated carbocycles. The molecule has 212 valence electrons. The van der Waals surface area contributed by atoms with Crippen molar-refractivity contribution in [1.82, 2.24) is 4.57 Å². The highest BCUT2D eigenvalue weighted by Crippen LogP contribution is 2.42. The van der Waals surface area contributed by atoms with Crippen LogP contribution >= 0.6 is 0 Å². The number of hydrogen-bond donors (Lipinski definition) is 0. The van der Waals surface area contributed by atoms with Crippen LogP contribution in [0.15, 0.2) is 176 Å². The number of aromatic nitrogens is 1. The Bertz CT molecular complexity index is 2230. The zero-order valence-corrected chi connectivity index (χ0v) is 25.9. The monoisotopic (exact) mass is 589 g/mol. The van der Waals surface area contributed by atoms with Crippen molar-refractivity contribution in [1.29, 1.82) is 0 Å². The standard InChI is InChI=1S/C43H31NSi/c1-5-16-32(17-6-1)44-41-26-14-13-24-37(41)39-30-38-31(29-42(39)44)28-40-36(38)25-15-27-43(40)45(33-18-7-2-8-19-33,34-20-9-3-10-21-34)35-22-11-4-12-23-35/h1-27,29-30H,28H2. The Kier molecular flexibility index (Phi) is 5.97. The number of benzene rings is 7. The molecule has 0 atom stereocenters. The predicted octanol–water partition coefficient (Wildman–Crippen LogP) is 7.73. The molecular formula is C43H31NSi. The van der Waals surface area contributed by atoms with Gasteiger partial charge in [-0.15, -0.1) is 0 Å². The van der Waals surface area contributed by atoms with Crippen molar-refractivity contribution < 1.29 is 0 Å². The number of fused-ring (bicyclic) bond motifs is 6. The van der Waals surface area contributed by atoms with Crippen molar-refractivity contribution in [2.24, 2.45) is 0 Å². The van der Waals surface area contributed by atoms with Crippen LogP contribution < -0.4 is 20.7 Å². The molecule has 1 nitrogen and oxygen atoms in total. The molecule has 45 heavy (non-hydrogen) atoms. The Morgan fingerprint density at radius 2 is 0.978 bits per heavy atom. The van der Waals surface area contributed by atoms with Gasteiger partial charge in [-0.05, 0) is 79.8 Å². The van der Waals surface area contributed by atoms with E-state index in [4.69, 9.17) is 0 Å². The predicted molar refractivity (Wildman–Crippen MR) is 193 cm³/mol. The van der Waals surface area contributed by atoms with Crippen LogP contribution in [0.25, 0.3) is 38.6 Å². The largest absolute Gasteiger partial charge is 0.309 e. The van der Waals surface area contributed by atoms with E-state index in [1.165, 1.54) is 70.5 Å². The molecule has 0 radical (unpaired) electrons. The lowest BCUT2D eigenvalue weighted by Crippen LogP contribution is -2.75. The lowest BCUT2D eigenvalue weighted by molar-refractivity contribution is 1.17. The van der Waals surface area contributed by atoms with E-state index in [1.54, 1.807) is 0 Å². The van der Waals surface area contributed by atoms with E-state index in [9.17, 15) is 0 Å². The zero-order valence-electron chi connectivity index (χ0n) is 24.9. The van der Waals surface area contributed by atoms with Gasteiger partial charge in [-0.1, -0.05) is 146 Å². The maximum atomic E-state index is 2.47. The van der Waals surface area contributed by atoms with E-state index in [2.05, 4.69) is 180 Å². The molecule has 0 saturated heterocycles. The average molecular weight is 590 g/mol. The Balaban J connectivity index is 1.34. The van der Waals surface area contributed by atoms with Crippen molar-refractivity contribution in [3.8, 4) is 16.8 Å². The molecule has 8 aromatic rings. The third kappa shape index (κ3) is 3.86. The number of hydrogen-bond acceptors (Lipinski definition) is 0. The van der Waals surface area contributed by atoms with Crippen molar-refractivity contribution in [3.63, 3.8) is 0 Å². The van der Waals surface area contributed by atoms with Crippen LogP contribution in [-0.4, -0.2) is 12.6 Å². The molecule has 0 N–H and O–H groups in total. The van der Waals surface area contributed by atoms with Crippen molar-refractivity contribution >= 4 is 50.6 Å². The summed E-state index contributed by atoms with van der Waals surface area (Å²) in [6.07, 6.45) is 0.925. The van der Waals surface area contributed by atoms with Crippen LogP contribution in [0.1, 0.15) is 11.1 Å². The van der Waals surface area contributed by atoms with Crippen LogP contribution in [0.4, 0.5) is 0 Å². The molecule has 9 rings (SSSR count). The van der Waals surface area contributed by atoms with Crippen molar-refractivity contribution in [3.05, 3.63) is 187 Å². The highest BCUT2D eigenvalue weighted by atomic mass is 28.3. The summed E-state index contributed by atoms with van der Waals surface area (Å²) < 4.78 is 2.44. The van der Waals surface area contributed by atoms with Crippen LogP contribution in [0, 0.1) is 0 Å². The van der Waals surface area contributed by atoms with Gasteiger partial charge in [-0.25, -0.2) is 0 Å². The molecule has 1 aliphatic rings. The molecule has 7 aromatic carbocycles. The second-order valence-corrected chi connectivity index (χ2v) is 15.8. The molecule has 1 heterocycles. The van der Waals surface area contributed by atoms with Crippen molar-refractivity contribution in [2.75, 3.05) is 0 Å². The summed E-state index contributed by atoms with van der Waals surface area (Å²) >= 11 is 0. The van der Waals surface area contributed by atoms with Crippen LogP contribution in [0.2, 0.25) is 0 Å². The van der Waals surface area contributed by atoms with Crippen LogP contribution in [0.3, 0.4) is 0 Å². The SMILES string of the molecule is c1ccc(-n2c3ccccc3c3cc4c(cc32)Cc2c-4cccc2[Si](c2ccccc2)(c2ccccc2)c2ccccc2)cc1. The summed E-state index contributed by atoms with van der Waals surface area (Å²) in [6, 6.07) is 65.5. The minimum absolute atomic E-state index is 0.925. The fourth-order valence-electron chi connectivity index (χ4n) is 7.91. The van der Waals surface area contributed by atoms with Gasteiger partial charge < -0.3 is 4.57 Å². The summed E-state index contributed by atoms with van der Waals surface area (Å²) in [4.78, 5) is 0. The second kappa shape index (κ2) is 10.3. The lowest BCUT2D eigenvalue weighted by Gasteiger charge is -2.36. The summed E-state index contributed by atoms with van der Waals surface area (Å²) in [6.45, 7) is 0. The summed E-state index contributed by atoms with van der Waals surface area (Å²) in [5, 5.41) is 8.34. The van der Waals surface area contributed by atoms with Gasteiger partial charge in [-0.3, -0.25) is 0 Å². The van der Waals surface area contributed by atoms with Gasteiger partial charge in [0.15, 0.2) is 8.07 Å². The smallest absolute Gasteiger partial charge is 0.179 e. The molecular weight excluding hydrogens is 559 g/mol. The Morgan fingerprint density at radius 3 is 1.60 bits per heavy atom. The summed E-state index contributed by atoms with van der Waals surface area (Å²) in [7, 11) is -2.65. The first kappa shape index (κ1) is 26.0. The molecule has 0 fully saturated rings. The molecule has 2 heteroatoms. The molecule has 1 aliphatic carbocycles. The Labute approximate surface area is 264 Å². The van der Waals surface area contributed by atoms with Crippen LogP contribution in [0.5, 0.6) is 0 Å².